The van der Waals surface area contributed by atoms with Crippen molar-refractivity contribution in [3.63, 3.8) is 0 Å². The molecule has 0 unspecified atom stereocenters. The predicted octanol–water partition coefficient (Wildman–Crippen LogP) is 3.58. The first-order chi connectivity index (χ1) is 13.4. The molecule has 0 aliphatic carbocycles. The zero-order valence-corrected chi connectivity index (χ0v) is 17.0. The van der Waals surface area contributed by atoms with Gasteiger partial charge in [0.1, 0.15) is 5.75 Å². The third-order valence-electron chi connectivity index (χ3n) is 4.76. The standard InChI is InChI=1S/C21H26N2O4S/c1-3-20(27-18-8-6-7-16(2)15-18)21(24)22-17-9-11-19(12-10-17)28(25,26)23-13-4-5-14-23/h6-12,15,20H,3-5,13-14H2,1-2H3,(H,22,24)/t20-/m0/s1. The smallest absolute Gasteiger partial charge is 0.265 e. The monoisotopic (exact) mass is 402 g/mol. The van der Waals surface area contributed by atoms with Crippen molar-refractivity contribution in [1.29, 1.82) is 0 Å². The van der Waals surface area contributed by atoms with E-state index in [1.54, 1.807) is 12.1 Å². The van der Waals surface area contributed by atoms with Gasteiger partial charge in [-0.3, -0.25) is 4.79 Å². The Kier molecular flexibility index (Phi) is 6.36. The summed E-state index contributed by atoms with van der Waals surface area (Å²) in [5, 5.41) is 2.80. The number of amides is 1. The van der Waals surface area contributed by atoms with Crippen molar-refractivity contribution < 1.29 is 17.9 Å². The van der Waals surface area contributed by atoms with Crippen LogP contribution in [0.3, 0.4) is 0 Å². The van der Waals surface area contributed by atoms with Crippen molar-refractivity contribution in [2.45, 2.75) is 44.1 Å². The van der Waals surface area contributed by atoms with Crippen LogP contribution in [0.15, 0.2) is 53.4 Å². The van der Waals surface area contributed by atoms with Crippen LogP contribution < -0.4 is 10.1 Å². The Hall–Kier alpha value is -2.38. The van der Waals surface area contributed by atoms with E-state index in [9.17, 15) is 13.2 Å². The van der Waals surface area contributed by atoms with E-state index in [0.717, 1.165) is 18.4 Å². The van der Waals surface area contributed by atoms with Crippen molar-refractivity contribution in [3.8, 4) is 5.75 Å². The lowest BCUT2D eigenvalue weighted by Crippen LogP contribution is -2.32. The molecule has 6 nitrogen and oxygen atoms in total. The normalized spacial score (nSPS) is 15.9. The highest BCUT2D eigenvalue weighted by molar-refractivity contribution is 7.89. The van der Waals surface area contributed by atoms with E-state index in [1.807, 2.05) is 38.1 Å². The second kappa shape index (κ2) is 8.75. The molecule has 3 rings (SSSR count). The minimum absolute atomic E-state index is 0.246. The van der Waals surface area contributed by atoms with Crippen LogP contribution in [-0.2, 0) is 14.8 Å². The Labute approximate surface area is 166 Å². The quantitative estimate of drug-likeness (QED) is 0.768. The molecule has 1 N–H and O–H groups in total. The first kappa shape index (κ1) is 20.4. The summed E-state index contributed by atoms with van der Waals surface area (Å²) in [6, 6.07) is 13.8. The van der Waals surface area contributed by atoms with Gasteiger partial charge in [0.2, 0.25) is 10.0 Å². The minimum Gasteiger partial charge on any atom is -0.481 e. The van der Waals surface area contributed by atoms with Crippen LogP contribution in [0.2, 0.25) is 0 Å². The van der Waals surface area contributed by atoms with Crippen LogP contribution in [0.25, 0.3) is 0 Å². The fourth-order valence-electron chi connectivity index (χ4n) is 3.19. The molecule has 1 amide bonds. The molecule has 2 aromatic carbocycles. The van der Waals surface area contributed by atoms with E-state index in [4.69, 9.17) is 4.74 Å². The first-order valence-electron chi connectivity index (χ1n) is 9.54. The number of anilines is 1. The Bertz CT molecular complexity index is 920. The maximum absolute atomic E-state index is 12.6. The van der Waals surface area contributed by atoms with E-state index < -0.39 is 16.1 Å². The molecule has 0 radical (unpaired) electrons. The van der Waals surface area contributed by atoms with Crippen LogP contribution in [0, 0.1) is 6.92 Å². The van der Waals surface area contributed by atoms with Gasteiger partial charge in [-0.25, -0.2) is 8.42 Å². The van der Waals surface area contributed by atoms with E-state index in [-0.39, 0.29) is 10.8 Å². The first-order valence-corrected chi connectivity index (χ1v) is 11.0. The largest absolute Gasteiger partial charge is 0.481 e. The van der Waals surface area contributed by atoms with E-state index in [1.165, 1.54) is 16.4 Å². The number of benzene rings is 2. The van der Waals surface area contributed by atoms with E-state index in [0.29, 0.717) is 30.9 Å². The second-order valence-corrected chi connectivity index (χ2v) is 8.89. The molecule has 7 heteroatoms. The predicted molar refractivity (Wildman–Crippen MR) is 109 cm³/mol. The Morgan fingerprint density at radius 2 is 1.82 bits per heavy atom. The van der Waals surface area contributed by atoms with Gasteiger partial charge >= 0.3 is 0 Å². The highest BCUT2D eigenvalue weighted by atomic mass is 32.2. The van der Waals surface area contributed by atoms with Gasteiger partial charge in [0.05, 0.1) is 4.90 Å². The van der Waals surface area contributed by atoms with Crippen molar-refractivity contribution >= 4 is 21.6 Å². The van der Waals surface area contributed by atoms with Gasteiger partial charge in [0.15, 0.2) is 6.10 Å². The molecule has 0 bridgehead atoms. The molecule has 0 aromatic heterocycles. The van der Waals surface area contributed by atoms with Gasteiger partial charge in [0.25, 0.3) is 5.91 Å². The third kappa shape index (κ3) is 4.72. The van der Waals surface area contributed by atoms with Crippen LogP contribution in [0.4, 0.5) is 5.69 Å². The fourth-order valence-corrected chi connectivity index (χ4v) is 4.70. The number of nitrogens with one attached hydrogen (secondary N) is 1. The SMILES string of the molecule is CC[C@H](Oc1cccc(C)c1)C(=O)Nc1ccc(S(=O)(=O)N2CCCC2)cc1. The number of ether oxygens (including phenoxy) is 1. The lowest BCUT2D eigenvalue weighted by Gasteiger charge is -2.18. The van der Waals surface area contributed by atoms with Crippen molar-refractivity contribution in [1.82, 2.24) is 4.31 Å². The summed E-state index contributed by atoms with van der Waals surface area (Å²) in [6.07, 6.45) is 1.68. The summed E-state index contributed by atoms with van der Waals surface area (Å²) < 4.78 is 32.5. The number of sulfonamides is 1. The van der Waals surface area contributed by atoms with Crippen molar-refractivity contribution in [2.75, 3.05) is 18.4 Å². The number of hydrogen-bond donors (Lipinski definition) is 1. The molecule has 150 valence electrons. The summed E-state index contributed by atoms with van der Waals surface area (Å²) in [4.78, 5) is 12.8. The summed E-state index contributed by atoms with van der Waals surface area (Å²) in [7, 11) is -3.45. The summed E-state index contributed by atoms with van der Waals surface area (Å²) in [6.45, 7) is 4.97. The minimum atomic E-state index is -3.45. The molecule has 1 fully saturated rings. The average Bonchev–Trinajstić information content (AvgIpc) is 3.22. The fraction of sp³-hybridized carbons (Fsp3) is 0.381. The van der Waals surface area contributed by atoms with Crippen LogP contribution in [-0.4, -0.2) is 37.8 Å². The van der Waals surface area contributed by atoms with Gasteiger partial charge in [0, 0.05) is 18.8 Å². The average molecular weight is 403 g/mol. The van der Waals surface area contributed by atoms with E-state index in [2.05, 4.69) is 5.32 Å². The molecule has 0 saturated carbocycles. The van der Waals surface area contributed by atoms with Crippen molar-refractivity contribution in [3.05, 3.63) is 54.1 Å². The molecule has 1 saturated heterocycles. The highest BCUT2D eigenvalue weighted by Gasteiger charge is 2.27. The lowest BCUT2D eigenvalue weighted by atomic mass is 10.2. The maximum atomic E-state index is 12.6. The lowest BCUT2D eigenvalue weighted by molar-refractivity contribution is -0.122. The van der Waals surface area contributed by atoms with Gasteiger partial charge in [-0.15, -0.1) is 0 Å². The van der Waals surface area contributed by atoms with Crippen LogP contribution in [0.1, 0.15) is 31.7 Å². The summed E-state index contributed by atoms with van der Waals surface area (Å²) in [5.41, 5.74) is 1.60. The molecule has 0 spiro atoms. The number of hydrogen-bond acceptors (Lipinski definition) is 4. The second-order valence-electron chi connectivity index (χ2n) is 6.96. The molecule has 2 aromatic rings. The molecule has 28 heavy (non-hydrogen) atoms. The van der Waals surface area contributed by atoms with Gasteiger partial charge in [-0.2, -0.15) is 4.31 Å². The van der Waals surface area contributed by atoms with E-state index >= 15 is 0 Å². The number of nitrogens with zero attached hydrogens (tertiary/aromatic N) is 1. The zero-order chi connectivity index (χ0) is 20.1. The summed E-state index contributed by atoms with van der Waals surface area (Å²) >= 11 is 0. The number of aryl methyl sites for hydroxylation is 1. The highest BCUT2D eigenvalue weighted by Crippen LogP contribution is 2.22. The van der Waals surface area contributed by atoms with Crippen LogP contribution >= 0.6 is 0 Å². The molecular formula is C21H26N2O4S. The summed E-state index contributed by atoms with van der Waals surface area (Å²) in [5.74, 6) is 0.383. The maximum Gasteiger partial charge on any atom is 0.265 e. The zero-order valence-electron chi connectivity index (χ0n) is 16.2. The van der Waals surface area contributed by atoms with Gasteiger partial charge in [-0.1, -0.05) is 19.1 Å². The number of rotatable bonds is 7. The Balaban J connectivity index is 1.66. The third-order valence-corrected chi connectivity index (χ3v) is 6.67. The van der Waals surface area contributed by atoms with Gasteiger partial charge in [-0.05, 0) is 68.1 Å². The number of carbonyl (C=O) groups excluding carboxylic acids is 1. The topological polar surface area (TPSA) is 75.7 Å². The number of carbonyl (C=O) groups is 1. The van der Waals surface area contributed by atoms with Crippen molar-refractivity contribution in [2.24, 2.45) is 0 Å². The van der Waals surface area contributed by atoms with Gasteiger partial charge < -0.3 is 10.1 Å². The molecule has 1 heterocycles. The molecule has 1 aliphatic heterocycles. The molecule has 1 aliphatic rings. The Morgan fingerprint density at radius 1 is 1.14 bits per heavy atom. The molecule has 1 atom stereocenters. The Morgan fingerprint density at radius 3 is 2.43 bits per heavy atom. The molecular weight excluding hydrogens is 376 g/mol. The van der Waals surface area contributed by atoms with Crippen LogP contribution in [0.5, 0.6) is 5.75 Å².